The van der Waals surface area contributed by atoms with E-state index in [0.717, 1.165) is 21.5 Å². The Bertz CT molecular complexity index is 3010. The molecule has 59 heavy (non-hydrogen) atoms. The molecule has 9 aromatic carbocycles. The van der Waals surface area contributed by atoms with Gasteiger partial charge in [0.2, 0.25) is 0 Å². The smallest absolute Gasteiger partial charge is 0.171 e. The van der Waals surface area contributed by atoms with E-state index in [9.17, 15) is 0 Å². The fourth-order valence-corrected chi connectivity index (χ4v) is 14.4. The van der Waals surface area contributed by atoms with Gasteiger partial charge < -0.3 is 4.57 Å². The molecule has 9 aromatic rings. The van der Waals surface area contributed by atoms with Gasteiger partial charge in [-0.25, -0.2) is 0 Å². The molecule has 0 radical (unpaired) electrons. The van der Waals surface area contributed by atoms with E-state index in [1.807, 2.05) is 0 Å². The first-order valence-corrected chi connectivity index (χ1v) is 22.3. The number of benzene rings is 9. The maximum Gasteiger partial charge on any atom is 0.171 e. The molecule has 0 fully saturated rings. The molecule has 0 saturated carbocycles. The van der Waals surface area contributed by atoms with Crippen molar-refractivity contribution >= 4 is 23.1 Å². The van der Waals surface area contributed by atoms with E-state index in [-0.39, 0.29) is 0 Å². The van der Waals surface area contributed by atoms with Crippen molar-refractivity contribution in [1.82, 2.24) is 0 Å². The maximum atomic E-state index is 17.1. The molecule has 0 aliphatic heterocycles. The summed E-state index contributed by atoms with van der Waals surface area (Å²) < 4.78 is 17.1. The van der Waals surface area contributed by atoms with Crippen LogP contribution in [0.15, 0.2) is 206 Å². The molecule has 0 aromatic heterocycles. The Kier molecular flexibility index (Phi) is 6.56. The van der Waals surface area contributed by atoms with Crippen LogP contribution in [0.5, 0.6) is 0 Å². The third-order valence-corrected chi connectivity index (χ3v) is 17.1. The Balaban J connectivity index is 1.11. The van der Waals surface area contributed by atoms with E-state index in [2.05, 4.69) is 213 Å². The zero-order chi connectivity index (χ0) is 39.1. The minimum Gasteiger partial charge on any atom is -0.309 e. The van der Waals surface area contributed by atoms with Gasteiger partial charge in [0, 0.05) is 15.9 Å². The third-order valence-electron chi connectivity index (χ3n) is 14.1. The minimum absolute atomic E-state index is 0.534. The van der Waals surface area contributed by atoms with Crippen LogP contribution >= 0.6 is 7.14 Å². The van der Waals surface area contributed by atoms with E-state index in [4.69, 9.17) is 0 Å². The standard InChI is InChI=1S/C57H37OP/c1-36-26-28-37(29-27-36)59(58,38-30-32-46-44-18-6-12-24-52(44)56(54(46)34-38)48-20-8-2-14-40(48)41-15-3-9-21-49(41)56)39-31-33-47-45-19-7-13-25-53(45)57(55(47)35-39)50-22-10-4-16-42(50)43-17-5-11-23-51(43)57/h2-35H,1H3. The fourth-order valence-electron chi connectivity index (χ4n) is 11.8. The molecule has 276 valence electrons. The third kappa shape index (κ3) is 3.95. The quantitative estimate of drug-likeness (QED) is 0.164. The van der Waals surface area contributed by atoms with Crippen molar-refractivity contribution in [3.63, 3.8) is 0 Å². The largest absolute Gasteiger partial charge is 0.309 e. The summed E-state index contributed by atoms with van der Waals surface area (Å²) in [4.78, 5) is 0. The van der Waals surface area contributed by atoms with Crippen LogP contribution in [0.4, 0.5) is 0 Å². The molecule has 0 atom stereocenters. The van der Waals surface area contributed by atoms with Crippen molar-refractivity contribution in [2.24, 2.45) is 0 Å². The van der Waals surface area contributed by atoms with Crippen LogP contribution in [0.1, 0.15) is 50.1 Å². The summed E-state index contributed by atoms with van der Waals surface area (Å²) in [7, 11) is -3.50. The van der Waals surface area contributed by atoms with Gasteiger partial charge in [0.1, 0.15) is 0 Å². The lowest BCUT2D eigenvalue weighted by molar-refractivity contribution is 0.592. The SMILES string of the molecule is Cc1ccc(P(=O)(c2ccc3c(c2)C2(c4ccccc4-c4ccccc42)c2ccccc2-3)c2ccc3c(c2)C2(c4ccccc4-c4ccccc42)c2ccccc2-3)cc1. The lowest BCUT2D eigenvalue weighted by Gasteiger charge is -2.32. The second-order valence-electron chi connectivity index (χ2n) is 16.7. The van der Waals surface area contributed by atoms with E-state index in [1.165, 1.54) is 89.0 Å². The van der Waals surface area contributed by atoms with Crippen LogP contribution in [-0.2, 0) is 15.4 Å². The van der Waals surface area contributed by atoms with Crippen molar-refractivity contribution in [3.05, 3.63) is 256 Å². The summed E-state index contributed by atoms with van der Waals surface area (Å²) in [6.45, 7) is 2.10. The highest BCUT2D eigenvalue weighted by Crippen LogP contribution is 2.65. The summed E-state index contributed by atoms with van der Waals surface area (Å²) in [5.74, 6) is 0. The maximum absolute atomic E-state index is 17.1. The second kappa shape index (κ2) is 11.7. The molecule has 0 amide bonds. The van der Waals surface area contributed by atoms with E-state index in [1.54, 1.807) is 0 Å². The molecule has 1 nitrogen and oxygen atoms in total. The Morgan fingerprint density at radius 1 is 0.288 bits per heavy atom. The molecule has 0 saturated heterocycles. The predicted molar refractivity (Wildman–Crippen MR) is 243 cm³/mol. The summed E-state index contributed by atoms with van der Waals surface area (Å²) in [6, 6.07) is 75.3. The van der Waals surface area contributed by atoms with Crippen LogP contribution < -0.4 is 15.9 Å². The van der Waals surface area contributed by atoms with Gasteiger partial charge in [0.25, 0.3) is 0 Å². The Morgan fingerprint density at radius 3 is 0.847 bits per heavy atom. The lowest BCUT2D eigenvalue weighted by Crippen LogP contribution is -2.31. The summed E-state index contributed by atoms with van der Waals surface area (Å²) in [5.41, 5.74) is 20.1. The highest BCUT2D eigenvalue weighted by Gasteiger charge is 2.54. The molecule has 4 aliphatic rings. The lowest BCUT2D eigenvalue weighted by atomic mass is 9.70. The highest BCUT2D eigenvalue weighted by molar-refractivity contribution is 7.85. The first-order valence-electron chi connectivity index (χ1n) is 20.6. The van der Waals surface area contributed by atoms with Gasteiger partial charge in [-0.3, -0.25) is 0 Å². The van der Waals surface area contributed by atoms with Gasteiger partial charge in [0.15, 0.2) is 7.14 Å². The molecule has 0 N–H and O–H groups in total. The minimum atomic E-state index is -3.50. The number of rotatable bonds is 3. The molecular weight excluding hydrogens is 732 g/mol. The normalized spacial score (nSPS) is 14.9. The molecule has 2 spiro atoms. The van der Waals surface area contributed by atoms with Gasteiger partial charge in [-0.05, 0) is 108 Å². The van der Waals surface area contributed by atoms with Crippen LogP contribution in [0.2, 0.25) is 0 Å². The second-order valence-corrected chi connectivity index (χ2v) is 19.4. The average Bonchev–Trinajstić information content (AvgIpc) is 3.98. The Labute approximate surface area is 344 Å². The predicted octanol–water partition coefficient (Wildman–Crippen LogP) is 12.3. The van der Waals surface area contributed by atoms with Crippen molar-refractivity contribution in [3.8, 4) is 44.5 Å². The van der Waals surface area contributed by atoms with Crippen LogP contribution in [0.25, 0.3) is 44.5 Å². The first-order chi connectivity index (χ1) is 29.1. The Hall–Kier alpha value is -6.79. The molecule has 2 heteroatoms. The van der Waals surface area contributed by atoms with Crippen LogP contribution in [0.3, 0.4) is 0 Å². The summed E-state index contributed by atoms with van der Waals surface area (Å²) in [5, 5.41) is 2.55. The van der Waals surface area contributed by atoms with Gasteiger partial charge in [-0.1, -0.05) is 200 Å². The number of hydrogen-bond donors (Lipinski definition) is 0. The van der Waals surface area contributed by atoms with Crippen molar-refractivity contribution in [1.29, 1.82) is 0 Å². The topological polar surface area (TPSA) is 17.1 Å². The van der Waals surface area contributed by atoms with Crippen LogP contribution in [-0.4, -0.2) is 0 Å². The first kappa shape index (κ1) is 33.2. The van der Waals surface area contributed by atoms with Crippen molar-refractivity contribution in [2.75, 3.05) is 0 Å². The van der Waals surface area contributed by atoms with Gasteiger partial charge >= 0.3 is 0 Å². The van der Waals surface area contributed by atoms with Crippen LogP contribution in [0, 0.1) is 6.92 Å². The average molecular weight is 769 g/mol. The molecule has 0 bridgehead atoms. The number of fused-ring (bicyclic) bond motifs is 20. The molecule has 4 aliphatic carbocycles. The fraction of sp³-hybridized carbons (Fsp3) is 0.0526. The zero-order valence-corrected chi connectivity index (χ0v) is 33.4. The zero-order valence-electron chi connectivity index (χ0n) is 32.5. The van der Waals surface area contributed by atoms with E-state index in [0.29, 0.717) is 0 Å². The summed E-state index contributed by atoms with van der Waals surface area (Å²) in [6.07, 6.45) is 0. The number of aryl methyl sites for hydroxylation is 1. The monoisotopic (exact) mass is 768 g/mol. The molecule has 13 rings (SSSR count). The van der Waals surface area contributed by atoms with Crippen molar-refractivity contribution < 1.29 is 4.57 Å². The molecule has 0 unspecified atom stereocenters. The number of hydrogen-bond acceptors (Lipinski definition) is 1. The van der Waals surface area contributed by atoms with Gasteiger partial charge in [0.05, 0.1) is 10.8 Å². The summed E-state index contributed by atoms with van der Waals surface area (Å²) >= 11 is 0. The van der Waals surface area contributed by atoms with E-state index < -0.39 is 18.0 Å². The van der Waals surface area contributed by atoms with Gasteiger partial charge in [-0.2, -0.15) is 0 Å². The van der Waals surface area contributed by atoms with Crippen molar-refractivity contribution in [2.45, 2.75) is 17.8 Å². The van der Waals surface area contributed by atoms with E-state index >= 15 is 4.57 Å². The Morgan fingerprint density at radius 2 is 0.542 bits per heavy atom. The molecule has 0 heterocycles. The molecular formula is C57H37OP. The highest BCUT2D eigenvalue weighted by atomic mass is 31.2. The van der Waals surface area contributed by atoms with Gasteiger partial charge in [-0.15, -0.1) is 0 Å².